The van der Waals surface area contributed by atoms with Crippen molar-refractivity contribution in [1.29, 1.82) is 0 Å². The molecule has 1 aromatic carbocycles. The van der Waals surface area contributed by atoms with Crippen LogP contribution in [0.2, 0.25) is 0 Å². The van der Waals surface area contributed by atoms with Gasteiger partial charge in [0.2, 0.25) is 0 Å². The zero-order valence-corrected chi connectivity index (χ0v) is 13.9. The van der Waals surface area contributed by atoms with Crippen LogP contribution in [0.5, 0.6) is 0 Å². The Labute approximate surface area is 138 Å². The SMILES string of the molecule is CCc1c(C(=O)N2CCCCCC2)cnn1Cc1ccccc1. The highest BCUT2D eigenvalue weighted by Crippen LogP contribution is 2.17. The summed E-state index contributed by atoms with van der Waals surface area (Å²) in [6, 6.07) is 10.3. The summed E-state index contributed by atoms with van der Waals surface area (Å²) in [6.45, 7) is 4.58. The molecule has 0 spiro atoms. The minimum Gasteiger partial charge on any atom is -0.339 e. The number of amides is 1. The van der Waals surface area contributed by atoms with E-state index >= 15 is 0 Å². The molecule has 0 saturated carbocycles. The molecule has 122 valence electrons. The van der Waals surface area contributed by atoms with E-state index in [1.54, 1.807) is 6.20 Å². The third-order valence-electron chi connectivity index (χ3n) is 4.58. The Morgan fingerprint density at radius 3 is 2.43 bits per heavy atom. The highest BCUT2D eigenvalue weighted by atomic mass is 16.2. The van der Waals surface area contributed by atoms with Crippen LogP contribution < -0.4 is 0 Å². The van der Waals surface area contributed by atoms with Crippen molar-refractivity contribution >= 4 is 5.91 Å². The molecule has 0 radical (unpaired) electrons. The highest BCUT2D eigenvalue weighted by molar-refractivity contribution is 5.95. The molecule has 4 heteroatoms. The number of benzene rings is 1. The van der Waals surface area contributed by atoms with Gasteiger partial charge in [-0.25, -0.2) is 0 Å². The van der Waals surface area contributed by atoms with Gasteiger partial charge in [-0.1, -0.05) is 50.1 Å². The zero-order chi connectivity index (χ0) is 16.1. The molecule has 0 atom stereocenters. The lowest BCUT2D eigenvalue weighted by atomic mass is 10.1. The molecule has 1 aliphatic rings. The summed E-state index contributed by atoms with van der Waals surface area (Å²) in [5, 5.41) is 4.49. The molecule has 0 unspecified atom stereocenters. The minimum atomic E-state index is 0.156. The summed E-state index contributed by atoms with van der Waals surface area (Å²) in [6.07, 6.45) is 7.28. The van der Waals surface area contributed by atoms with Crippen LogP contribution >= 0.6 is 0 Å². The number of hydrogen-bond acceptors (Lipinski definition) is 2. The van der Waals surface area contributed by atoms with Crippen LogP contribution in [0.4, 0.5) is 0 Å². The van der Waals surface area contributed by atoms with E-state index in [1.165, 1.54) is 18.4 Å². The fourth-order valence-corrected chi connectivity index (χ4v) is 3.30. The summed E-state index contributed by atoms with van der Waals surface area (Å²) in [7, 11) is 0. The third kappa shape index (κ3) is 3.63. The van der Waals surface area contributed by atoms with Crippen LogP contribution in [0.25, 0.3) is 0 Å². The second-order valence-corrected chi connectivity index (χ2v) is 6.21. The molecule has 1 fully saturated rings. The first-order valence-electron chi connectivity index (χ1n) is 8.67. The lowest BCUT2D eigenvalue weighted by Gasteiger charge is -2.20. The topological polar surface area (TPSA) is 38.1 Å². The van der Waals surface area contributed by atoms with Gasteiger partial charge in [-0.05, 0) is 24.8 Å². The largest absolute Gasteiger partial charge is 0.339 e. The van der Waals surface area contributed by atoms with Crippen molar-refractivity contribution in [2.24, 2.45) is 0 Å². The first-order valence-corrected chi connectivity index (χ1v) is 8.67. The van der Waals surface area contributed by atoms with Crippen molar-refractivity contribution in [2.75, 3.05) is 13.1 Å². The van der Waals surface area contributed by atoms with Gasteiger partial charge in [0.25, 0.3) is 5.91 Å². The number of aromatic nitrogens is 2. The third-order valence-corrected chi connectivity index (χ3v) is 4.58. The van der Waals surface area contributed by atoms with Crippen molar-refractivity contribution in [3.05, 3.63) is 53.3 Å². The molecule has 0 bridgehead atoms. The molecule has 3 rings (SSSR count). The normalized spacial score (nSPS) is 15.4. The van der Waals surface area contributed by atoms with Crippen LogP contribution in [0, 0.1) is 0 Å². The van der Waals surface area contributed by atoms with Gasteiger partial charge in [-0.15, -0.1) is 0 Å². The highest BCUT2D eigenvalue weighted by Gasteiger charge is 2.22. The molecule has 1 aliphatic heterocycles. The first kappa shape index (κ1) is 15.8. The minimum absolute atomic E-state index is 0.156. The van der Waals surface area contributed by atoms with E-state index in [4.69, 9.17) is 0 Å². The number of rotatable bonds is 4. The van der Waals surface area contributed by atoms with E-state index in [0.717, 1.165) is 50.2 Å². The molecule has 0 N–H and O–H groups in total. The Kier molecular flexibility index (Phi) is 5.11. The van der Waals surface area contributed by atoms with Crippen molar-refractivity contribution in [3.8, 4) is 0 Å². The van der Waals surface area contributed by atoms with E-state index in [2.05, 4.69) is 24.2 Å². The van der Waals surface area contributed by atoms with E-state index in [0.29, 0.717) is 0 Å². The molecule has 1 amide bonds. The van der Waals surface area contributed by atoms with E-state index < -0.39 is 0 Å². The van der Waals surface area contributed by atoms with Crippen molar-refractivity contribution in [1.82, 2.24) is 14.7 Å². The lowest BCUT2D eigenvalue weighted by Crippen LogP contribution is -2.32. The Bertz CT molecular complexity index is 640. The Morgan fingerprint density at radius 1 is 1.09 bits per heavy atom. The molecule has 2 heterocycles. The first-order chi connectivity index (χ1) is 11.3. The second kappa shape index (κ2) is 7.44. The molecule has 1 aromatic heterocycles. The molecule has 4 nitrogen and oxygen atoms in total. The predicted octanol–water partition coefficient (Wildman–Crippen LogP) is 3.51. The van der Waals surface area contributed by atoms with Gasteiger partial charge in [-0.2, -0.15) is 5.10 Å². The van der Waals surface area contributed by atoms with Crippen LogP contribution in [0.15, 0.2) is 36.5 Å². The van der Waals surface area contributed by atoms with Crippen LogP contribution in [-0.4, -0.2) is 33.7 Å². The number of hydrogen-bond donors (Lipinski definition) is 0. The summed E-state index contributed by atoms with van der Waals surface area (Å²) in [5.74, 6) is 0.156. The fourth-order valence-electron chi connectivity index (χ4n) is 3.30. The van der Waals surface area contributed by atoms with Gasteiger partial charge in [0, 0.05) is 13.1 Å². The average Bonchev–Trinajstić information content (AvgIpc) is 2.80. The summed E-state index contributed by atoms with van der Waals surface area (Å²) in [4.78, 5) is 14.9. The van der Waals surface area contributed by atoms with Gasteiger partial charge in [-0.3, -0.25) is 9.48 Å². The number of carbonyl (C=O) groups is 1. The van der Waals surface area contributed by atoms with Crippen molar-refractivity contribution < 1.29 is 4.79 Å². The number of likely N-dealkylation sites (tertiary alicyclic amines) is 1. The molecular weight excluding hydrogens is 286 g/mol. The molecule has 2 aromatic rings. The van der Waals surface area contributed by atoms with Gasteiger partial charge in [0.15, 0.2) is 0 Å². The Hall–Kier alpha value is -2.10. The maximum Gasteiger partial charge on any atom is 0.257 e. The van der Waals surface area contributed by atoms with Crippen LogP contribution in [0.3, 0.4) is 0 Å². The quantitative estimate of drug-likeness (QED) is 0.866. The predicted molar refractivity (Wildman–Crippen MR) is 91.5 cm³/mol. The second-order valence-electron chi connectivity index (χ2n) is 6.21. The maximum absolute atomic E-state index is 12.9. The lowest BCUT2D eigenvalue weighted by molar-refractivity contribution is 0.0760. The van der Waals surface area contributed by atoms with Crippen LogP contribution in [-0.2, 0) is 13.0 Å². The molecular formula is C19H25N3O. The van der Waals surface area contributed by atoms with Gasteiger partial charge in [0.1, 0.15) is 0 Å². The van der Waals surface area contributed by atoms with Crippen LogP contribution in [0.1, 0.15) is 54.2 Å². The van der Waals surface area contributed by atoms with E-state index in [9.17, 15) is 4.79 Å². The van der Waals surface area contributed by atoms with Crippen molar-refractivity contribution in [2.45, 2.75) is 45.6 Å². The fraction of sp³-hybridized carbons (Fsp3) is 0.474. The van der Waals surface area contributed by atoms with Gasteiger partial charge < -0.3 is 4.90 Å². The summed E-state index contributed by atoms with van der Waals surface area (Å²) in [5.41, 5.74) is 3.03. The Morgan fingerprint density at radius 2 is 1.78 bits per heavy atom. The van der Waals surface area contributed by atoms with Gasteiger partial charge in [0.05, 0.1) is 24.0 Å². The molecule has 1 saturated heterocycles. The number of carbonyl (C=O) groups excluding carboxylic acids is 1. The van der Waals surface area contributed by atoms with Crippen molar-refractivity contribution in [3.63, 3.8) is 0 Å². The maximum atomic E-state index is 12.9. The Balaban J connectivity index is 1.81. The summed E-state index contributed by atoms with van der Waals surface area (Å²) < 4.78 is 1.97. The van der Waals surface area contributed by atoms with E-state index in [1.807, 2.05) is 27.8 Å². The summed E-state index contributed by atoms with van der Waals surface area (Å²) >= 11 is 0. The zero-order valence-electron chi connectivity index (χ0n) is 13.9. The van der Waals surface area contributed by atoms with E-state index in [-0.39, 0.29) is 5.91 Å². The molecule has 0 aliphatic carbocycles. The standard InChI is InChI=1S/C19H25N3O/c1-2-18-17(19(23)21-12-8-3-4-9-13-21)14-20-22(18)15-16-10-6-5-7-11-16/h5-7,10-11,14H,2-4,8-9,12-13,15H2,1H3. The average molecular weight is 311 g/mol. The smallest absolute Gasteiger partial charge is 0.257 e. The van der Waals surface area contributed by atoms with Gasteiger partial charge >= 0.3 is 0 Å². The molecule has 23 heavy (non-hydrogen) atoms. The monoisotopic (exact) mass is 311 g/mol. The number of nitrogens with zero attached hydrogens (tertiary/aromatic N) is 3.